The van der Waals surface area contributed by atoms with Crippen molar-refractivity contribution in [3.8, 4) is 11.5 Å². The van der Waals surface area contributed by atoms with Gasteiger partial charge in [-0.05, 0) is 6.07 Å². The molecule has 0 atom stereocenters. The molecule has 0 spiro atoms. The molecule has 0 radical (unpaired) electrons. The lowest BCUT2D eigenvalue weighted by atomic mass is 10.3. The second kappa shape index (κ2) is 7.02. The van der Waals surface area contributed by atoms with Crippen LogP contribution in [0.1, 0.15) is 10.5 Å². The highest BCUT2D eigenvalue weighted by Gasteiger charge is 2.22. The maximum atomic E-state index is 12.5. The Balaban J connectivity index is 2.39. The van der Waals surface area contributed by atoms with Crippen molar-refractivity contribution in [2.24, 2.45) is 0 Å². The average molecular weight is 375 g/mol. The molecule has 0 aliphatic heterocycles. The second-order valence-electron chi connectivity index (χ2n) is 4.53. The molecule has 1 aromatic heterocycles. The van der Waals surface area contributed by atoms with Crippen LogP contribution >= 0.6 is 11.6 Å². The van der Waals surface area contributed by atoms with E-state index in [-0.39, 0.29) is 27.0 Å². The molecular weight excluding hydrogens is 360 g/mol. The van der Waals surface area contributed by atoms with Gasteiger partial charge in [0.1, 0.15) is 27.8 Å². The molecule has 0 fully saturated rings. The van der Waals surface area contributed by atoms with Crippen molar-refractivity contribution >= 4 is 33.3 Å². The fourth-order valence-corrected chi connectivity index (χ4v) is 3.27. The Morgan fingerprint density at radius 1 is 1.17 bits per heavy atom. The molecule has 130 valence electrons. The number of halogens is 1. The lowest BCUT2D eigenvalue weighted by Gasteiger charge is -2.14. The third kappa shape index (κ3) is 3.57. The molecule has 0 saturated heterocycles. The van der Waals surface area contributed by atoms with Crippen LogP contribution in [0.25, 0.3) is 0 Å². The first-order valence-electron chi connectivity index (χ1n) is 6.53. The van der Waals surface area contributed by atoms with E-state index in [9.17, 15) is 13.2 Å². The van der Waals surface area contributed by atoms with E-state index in [1.165, 1.54) is 39.7 Å². The number of benzene rings is 1. The number of aromatic nitrogens is 1. The van der Waals surface area contributed by atoms with Crippen LogP contribution in [0.4, 0.5) is 5.69 Å². The molecular formula is C14H15ClN2O6S. The van der Waals surface area contributed by atoms with Crippen molar-refractivity contribution in [3.05, 3.63) is 35.1 Å². The van der Waals surface area contributed by atoms with Crippen LogP contribution < -0.4 is 14.2 Å². The molecule has 2 rings (SSSR count). The van der Waals surface area contributed by atoms with Crippen LogP contribution in [-0.2, 0) is 14.8 Å². The van der Waals surface area contributed by atoms with E-state index in [1.807, 2.05) is 0 Å². The first kappa shape index (κ1) is 18.0. The molecule has 0 amide bonds. The first-order chi connectivity index (χ1) is 11.3. The number of aromatic amines is 1. The number of hydrogen-bond donors (Lipinski definition) is 2. The molecule has 24 heavy (non-hydrogen) atoms. The Morgan fingerprint density at radius 2 is 1.88 bits per heavy atom. The lowest BCUT2D eigenvalue weighted by molar-refractivity contribution is 0.0594. The fourth-order valence-electron chi connectivity index (χ4n) is 1.89. The number of H-pyrrole nitrogens is 1. The van der Waals surface area contributed by atoms with Crippen molar-refractivity contribution in [1.82, 2.24) is 4.98 Å². The van der Waals surface area contributed by atoms with Crippen LogP contribution in [0, 0.1) is 0 Å². The van der Waals surface area contributed by atoms with E-state index in [0.717, 1.165) is 6.07 Å². The summed E-state index contributed by atoms with van der Waals surface area (Å²) in [5, 5.41) is 0.0958. The minimum absolute atomic E-state index is 0.00525. The van der Waals surface area contributed by atoms with Gasteiger partial charge in [0.2, 0.25) is 0 Å². The first-order valence-corrected chi connectivity index (χ1v) is 8.39. The third-order valence-corrected chi connectivity index (χ3v) is 4.72. The predicted octanol–water partition coefficient (Wildman–Crippen LogP) is 2.27. The molecule has 2 N–H and O–H groups in total. The molecule has 1 aromatic carbocycles. The highest BCUT2D eigenvalue weighted by Crippen LogP contribution is 2.38. The fraction of sp³-hybridized carbons (Fsp3) is 0.214. The monoisotopic (exact) mass is 374 g/mol. The molecule has 10 heteroatoms. The van der Waals surface area contributed by atoms with Gasteiger partial charge in [-0.2, -0.15) is 0 Å². The summed E-state index contributed by atoms with van der Waals surface area (Å²) in [5.41, 5.74) is 0.0615. The van der Waals surface area contributed by atoms with E-state index in [0.29, 0.717) is 5.75 Å². The number of hydrogen-bond acceptors (Lipinski definition) is 6. The standard InChI is InChI=1S/C14H15ClN2O6S/c1-21-8-4-10(15)13(12(5-8)22-2)17-24(19,20)9-6-11(16-7-9)14(18)23-3/h4-7,16-17H,1-3H3. The number of rotatable bonds is 6. The van der Waals surface area contributed by atoms with Crippen LogP contribution in [0.15, 0.2) is 29.3 Å². The molecule has 0 saturated carbocycles. The van der Waals surface area contributed by atoms with Gasteiger partial charge in [0, 0.05) is 18.3 Å². The minimum Gasteiger partial charge on any atom is -0.497 e. The number of anilines is 1. The Labute approximate surface area is 143 Å². The SMILES string of the molecule is COC(=O)c1cc(S(=O)(=O)Nc2c(Cl)cc(OC)cc2OC)c[nH]1. The number of carbonyl (C=O) groups is 1. The van der Waals surface area contributed by atoms with Gasteiger partial charge in [0.15, 0.2) is 0 Å². The van der Waals surface area contributed by atoms with E-state index in [4.69, 9.17) is 21.1 Å². The number of esters is 1. The lowest BCUT2D eigenvalue weighted by Crippen LogP contribution is -2.13. The Kier molecular flexibility index (Phi) is 5.25. The topological polar surface area (TPSA) is 107 Å². The Hall–Kier alpha value is -2.39. The number of methoxy groups -OCH3 is 3. The zero-order chi connectivity index (χ0) is 17.9. The van der Waals surface area contributed by atoms with E-state index < -0.39 is 16.0 Å². The van der Waals surface area contributed by atoms with Crippen molar-refractivity contribution in [3.63, 3.8) is 0 Å². The van der Waals surface area contributed by atoms with Crippen molar-refractivity contribution in [2.75, 3.05) is 26.1 Å². The van der Waals surface area contributed by atoms with E-state index in [2.05, 4.69) is 14.4 Å². The molecule has 0 aliphatic rings. The summed E-state index contributed by atoms with van der Waals surface area (Å²) in [5.74, 6) is -0.0856. The second-order valence-corrected chi connectivity index (χ2v) is 6.62. The molecule has 0 aliphatic carbocycles. The summed E-state index contributed by atoms with van der Waals surface area (Å²) in [7, 11) is 0.00597. The number of sulfonamides is 1. The van der Waals surface area contributed by atoms with Crippen LogP contribution in [-0.4, -0.2) is 40.7 Å². The van der Waals surface area contributed by atoms with Crippen molar-refractivity contribution < 1.29 is 27.4 Å². The molecule has 8 nitrogen and oxygen atoms in total. The quantitative estimate of drug-likeness (QED) is 0.751. The van der Waals surface area contributed by atoms with E-state index in [1.54, 1.807) is 0 Å². The molecule has 0 bridgehead atoms. The third-order valence-electron chi connectivity index (χ3n) is 3.09. The van der Waals surface area contributed by atoms with Crippen molar-refractivity contribution in [2.45, 2.75) is 4.90 Å². The van der Waals surface area contributed by atoms with Gasteiger partial charge in [-0.1, -0.05) is 11.6 Å². The zero-order valence-corrected chi connectivity index (χ0v) is 14.6. The van der Waals surface area contributed by atoms with Crippen molar-refractivity contribution in [1.29, 1.82) is 0 Å². The summed E-state index contributed by atoms with van der Waals surface area (Å²) in [4.78, 5) is 13.8. The van der Waals surface area contributed by atoms with Crippen LogP contribution in [0.3, 0.4) is 0 Å². The Morgan fingerprint density at radius 3 is 2.46 bits per heavy atom. The predicted molar refractivity (Wildman–Crippen MR) is 87.5 cm³/mol. The number of nitrogens with one attached hydrogen (secondary N) is 2. The van der Waals surface area contributed by atoms with Gasteiger partial charge >= 0.3 is 5.97 Å². The Bertz CT molecular complexity index is 862. The van der Waals surface area contributed by atoms with Gasteiger partial charge in [-0.15, -0.1) is 0 Å². The highest BCUT2D eigenvalue weighted by molar-refractivity contribution is 7.92. The summed E-state index contributed by atoms with van der Waals surface area (Å²) >= 11 is 6.09. The largest absolute Gasteiger partial charge is 0.497 e. The minimum atomic E-state index is -4.00. The summed E-state index contributed by atoms with van der Waals surface area (Å²) in [6, 6.07) is 4.08. The number of ether oxygens (including phenoxy) is 3. The number of carbonyl (C=O) groups excluding carboxylic acids is 1. The average Bonchev–Trinajstić information content (AvgIpc) is 3.06. The maximum Gasteiger partial charge on any atom is 0.354 e. The molecule has 2 aromatic rings. The van der Waals surface area contributed by atoms with Gasteiger partial charge in [-0.25, -0.2) is 13.2 Å². The zero-order valence-electron chi connectivity index (χ0n) is 13.0. The van der Waals surface area contributed by atoms with E-state index >= 15 is 0 Å². The van der Waals surface area contributed by atoms with Gasteiger partial charge < -0.3 is 19.2 Å². The van der Waals surface area contributed by atoms with Crippen LogP contribution in [0.2, 0.25) is 5.02 Å². The summed E-state index contributed by atoms with van der Waals surface area (Å²) in [6.07, 6.45) is 1.17. The van der Waals surface area contributed by atoms with Gasteiger partial charge in [-0.3, -0.25) is 4.72 Å². The van der Waals surface area contributed by atoms with Crippen LogP contribution in [0.5, 0.6) is 11.5 Å². The van der Waals surface area contributed by atoms with Gasteiger partial charge in [0.25, 0.3) is 10.0 Å². The highest BCUT2D eigenvalue weighted by atomic mass is 35.5. The maximum absolute atomic E-state index is 12.5. The molecule has 1 heterocycles. The smallest absolute Gasteiger partial charge is 0.354 e. The molecule has 0 unspecified atom stereocenters. The van der Waals surface area contributed by atoms with Gasteiger partial charge in [0.05, 0.1) is 26.4 Å². The summed E-state index contributed by atoms with van der Waals surface area (Å²) < 4.78 is 42.0. The summed E-state index contributed by atoms with van der Waals surface area (Å²) in [6.45, 7) is 0. The normalized spacial score (nSPS) is 11.0.